The fourth-order valence-corrected chi connectivity index (χ4v) is 1.14. The third-order valence-electron chi connectivity index (χ3n) is 1.60. The predicted octanol–water partition coefficient (Wildman–Crippen LogP) is 0.248. The van der Waals surface area contributed by atoms with Crippen LogP contribution in [0.1, 0.15) is 20.3 Å². The van der Waals surface area contributed by atoms with E-state index >= 15 is 0 Å². The lowest BCUT2D eigenvalue weighted by Crippen LogP contribution is -2.34. The molecule has 82 valence electrons. The maximum absolute atomic E-state index is 10.2. The molecule has 0 saturated heterocycles. The number of carbonyl (C=O) groups excluding carboxylic acids is 1. The highest BCUT2D eigenvalue weighted by atomic mass is 16.5. The zero-order valence-electron chi connectivity index (χ0n) is 8.53. The van der Waals surface area contributed by atoms with E-state index in [-0.39, 0.29) is 19.3 Å². The molecular weight excluding hydrogens is 186 g/mol. The van der Waals surface area contributed by atoms with Gasteiger partial charge in [-0.2, -0.15) is 0 Å². The highest BCUT2D eigenvalue weighted by molar-refractivity contribution is 5.67. The quantitative estimate of drug-likeness (QED) is 0.554. The molecule has 0 aliphatic rings. The van der Waals surface area contributed by atoms with Gasteiger partial charge >= 0.3 is 5.97 Å². The number of hydrogen-bond acceptors (Lipinski definition) is 3. The van der Waals surface area contributed by atoms with Gasteiger partial charge in [-0.15, -0.1) is 0 Å². The van der Waals surface area contributed by atoms with Crippen LogP contribution in [0.15, 0.2) is 0 Å². The van der Waals surface area contributed by atoms with Crippen molar-refractivity contribution in [3.8, 4) is 0 Å². The number of aliphatic carboxylic acids is 1. The lowest BCUT2D eigenvalue weighted by atomic mass is 10.0. The summed E-state index contributed by atoms with van der Waals surface area (Å²) < 4.78 is 4.89. The Hall–Kier alpha value is -1.10. The first-order valence-electron chi connectivity index (χ1n) is 4.55. The molecule has 14 heavy (non-hydrogen) atoms. The van der Waals surface area contributed by atoms with Crippen molar-refractivity contribution in [3.05, 3.63) is 0 Å². The second-order valence-electron chi connectivity index (χ2n) is 3.52. The molecular formula is C9H17NO4. The first-order chi connectivity index (χ1) is 6.56. The van der Waals surface area contributed by atoms with Crippen LogP contribution in [0, 0.1) is 5.92 Å². The van der Waals surface area contributed by atoms with E-state index in [1.807, 2.05) is 13.8 Å². The number of nitrogens with one attached hydrogen (secondary N) is 1. The summed E-state index contributed by atoms with van der Waals surface area (Å²) in [6.07, 6.45) is 1.38. The lowest BCUT2D eigenvalue weighted by Gasteiger charge is -2.17. The van der Waals surface area contributed by atoms with Crippen molar-refractivity contribution in [2.45, 2.75) is 26.3 Å². The van der Waals surface area contributed by atoms with Crippen molar-refractivity contribution in [1.29, 1.82) is 0 Å². The van der Waals surface area contributed by atoms with Gasteiger partial charge in [0, 0.05) is 0 Å². The molecule has 0 aliphatic carbocycles. The van der Waals surface area contributed by atoms with Gasteiger partial charge in [-0.05, 0) is 12.3 Å². The standard InChI is InChI=1S/C9H17NO4/c1-7(2)3-8(10-6-11)4-14-5-9(12)13/h6-8H,3-5H2,1-2H3,(H,10,11)(H,12,13)/t8-/m0/s1. The van der Waals surface area contributed by atoms with E-state index in [0.717, 1.165) is 6.42 Å². The van der Waals surface area contributed by atoms with Crippen LogP contribution in [0.4, 0.5) is 0 Å². The number of ether oxygens (including phenoxy) is 1. The Morgan fingerprint density at radius 3 is 2.64 bits per heavy atom. The maximum Gasteiger partial charge on any atom is 0.329 e. The fraction of sp³-hybridized carbons (Fsp3) is 0.778. The van der Waals surface area contributed by atoms with E-state index in [1.54, 1.807) is 0 Å². The molecule has 0 radical (unpaired) electrons. The topological polar surface area (TPSA) is 75.6 Å². The van der Waals surface area contributed by atoms with Crippen LogP contribution in [0.25, 0.3) is 0 Å². The highest BCUT2D eigenvalue weighted by Crippen LogP contribution is 2.04. The van der Waals surface area contributed by atoms with Gasteiger partial charge in [0.2, 0.25) is 6.41 Å². The Bertz CT molecular complexity index is 182. The van der Waals surface area contributed by atoms with E-state index in [1.165, 1.54) is 0 Å². The molecule has 5 nitrogen and oxygen atoms in total. The van der Waals surface area contributed by atoms with Crippen LogP contribution >= 0.6 is 0 Å². The molecule has 0 heterocycles. The number of carboxylic acid groups (broad SMARTS) is 1. The van der Waals surface area contributed by atoms with E-state index in [4.69, 9.17) is 9.84 Å². The summed E-state index contributed by atoms with van der Waals surface area (Å²) in [7, 11) is 0. The first-order valence-corrected chi connectivity index (χ1v) is 4.55. The molecule has 0 aromatic carbocycles. The largest absolute Gasteiger partial charge is 0.480 e. The van der Waals surface area contributed by atoms with Crippen molar-refractivity contribution in [3.63, 3.8) is 0 Å². The Labute approximate surface area is 83.4 Å². The molecule has 0 fully saturated rings. The van der Waals surface area contributed by atoms with E-state index < -0.39 is 5.97 Å². The van der Waals surface area contributed by atoms with Crippen molar-refractivity contribution in [2.75, 3.05) is 13.2 Å². The molecule has 0 aliphatic heterocycles. The van der Waals surface area contributed by atoms with Crippen LogP contribution in [-0.2, 0) is 14.3 Å². The van der Waals surface area contributed by atoms with Gasteiger partial charge in [-0.1, -0.05) is 13.8 Å². The number of rotatable bonds is 8. The number of carbonyl (C=O) groups is 2. The number of carboxylic acids is 1. The minimum absolute atomic E-state index is 0.105. The molecule has 1 amide bonds. The van der Waals surface area contributed by atoms with Crippen molar-refractivity contribution < 1.29 is 19.4 Å². The zero-order chi connectivity index (χ0) is 11.0. The van der Waals surface area contributed by atoms with Crippen molar-refractivity contribution >= 4 is 12.4 Å². The molecule has 0 aromatic heterocycles. The van der Waals surface area contributed by atoms with Gasteiger partial charge in [-0.3, -0.25) is 4.79 Å². The van der Waals surface area contributed by atoms with Crippen molar-refractivity contribution in [2.24, 2.45) is 5.92 Å². The second kappa shape index (κ2) is 7.32. The van der Waals surface area contributed by atoms with Crippen LogP contribution in [0.5, 0.6) is 0 Å². The second-order valence-corrected chi connectivity index (χ2v) is 3.52. The smallest absolute Gasteiger partial charge is 0.329 e. The number of amides is 1. The van der Waals surface area contributed by atoms with Gasteiger partial charge < -0.3 is 15.2 Å². The summed E-state index contributed by atoms with van der Waals surface area (Å²) >= 11 is 0. The minimum Gasteiger partial charge on any atom is -0.480 e. The highest BCUT2D eigenvalue weighted by Gasteiger charge is 2.10. The normalized spacial score (nSPS) is 12.5. The van der Waals surface area contributed by atoms with Gasteiger partial charge in [0.1, 0.15) is 6.61 Å². The summed E-state index contributed by atoms with van der Waals surface area (Å²) in [5.41, 5.74) is 0. The predicted molar refractivity (Wildman–Crippen MR) is 50.9 cm³/mol. The first kappa shape index (κ1) is 12.9. The summed E-state index contributed by atoms with van der Waals surface area (Å²) in [6.45, 7) is 3.96. The summed E-state index contributed by atoms with van der Waals surface area (Å²) in [6, 6.07) is -0.105. The monoisotopic (exact) mass is 203 g/mol. The SMILES string of the molecule is CC(C)C[C@@H](COCC(=O)O)NC=O. The van der Waals surface area contributed by atoms with Crippen LogP contribution in [-0.4, -0.2) is 36.7 Å². The van der Waals surface area contributed by atoms with Gasteiger partial charge in [0.15, 0.2) is 0 Å². The fourth-order valence-electron chi connectivity index (χ4n) is 1.14. The molecule has 0 rings (SSSR count). The molecule has 2 N–H and O–H groups in total. The van der Waals surface area contributed by atoms with E-state index in [0.29, 0.717) is 12.3 Å². The Kier molecular flexibility index (Phi) is 6.74. The molecule has 0 saturated carbocycles. The molecule has 0 aromatic rings. The molecule has 1 atom stereocenters. The Morgan fingerprint density at radius 2 is 2.21 bits per heavy atom. The number of hydrogen-bond donors (Lipinski definition) is 2. The van der Waals surface area contributed by atoms with Crippen molar-refractivity contribution in [1.82, 2.24) is 5.32 Å². The van der Waals surface area contributed by atoms with E-state index in [2.05, 4.69) is 5.32 Å². The zero-order valence-corrected chi connectivity index (χ0v) is 8.53. The van der Waals surface area contributed by atoms with Crippen LogP contribution in [0.2, 0.25) is 0 Å². The third-order valence-corrected chi connectivity index (χ3v) is 1.60. The average molecular weight is 203 g/mol. The van der Waals surface area contributed by atoms with Gasteiger partial charge in [-0.25, -0.2) is 4.79 Å². The lowest BCUT2D eigenvalue weighted by molar-refractivity contribution is -0.142. The van der Waals surface area contributed by atoms with E-state index in [9.17, 15) is 9.59 Å². The Morgan fingerprint density at radius 1 is 1.57 bits per heavy atom. The van der Waals surface area contributed by atoms with Crippen LogP contribution < -0.4 is 5.32 Å². The third kappa shape index (κ3) is 7.54. The summed E-state index contributed by atoms with van der Waals surface area (Å²) in [5.74, 6) is -0.569. The molecule has 5 heteroatoms. The molecule has 0 unspecified atom stereocenters. The van der Waals surface area contributed by atoms with Gasteiger partial charge in [0.05, 0.1) is 12.6 Å². The minimum atomic E-state index is -1.00. The molecule has 0 bridgehead atoms. The van der Waals surface area contributed by atoms with Crippen LogP contribution in [0.3, 0.4) is 0 Å². The summed E-state index contributed by atoms with van der Waals surface area (Å²) in [4.78, 5) is 20.4. The Balaban J connectivity index is 3.72. The maximum atomic E-state index is 10.2. The summed E-state index contributed by atoms with van der Waals surface area (Å²) in [5, 5.41) is 10.9. The average Bonchev–Trinajstić information content (AvgIpc) is 2.02. The molecule has 0 spiro atoms. The van der Waals surface area contributed by atoms with Gasteiger partial charge in [0.25, 0.3) is 0 Å².